The van der Waals surface area contributed by atoms with Gasteiger partial charge in [0.25, 0.3) is 0 Å². The number of anilines is 1. The van der Waals surface area contributed by atoms with E-state index < -0.39 is 11.9 Å². The van der Waals surface area contributed by atoms with E-state index in [1.807, 2.05) is 19.9 Å². The van der Waals surface area contributed by atoms with Crippen molar-refractivity contribution in [3.8, 4) is 0 Å². The molecule has 0 radical (unpaired) electrons. The van der Waals surface area contributed by atoms with Crippen LogP contribution in [0.15, 0.2) is 18.2 Å². The highest BCUT2D eigenvalue weighted by Crippen LogP contribution is 2.25. The molecule has 5 nitrogen and oxygen atoms in total. The number of aliphatic carboxylic acids is 1. The van der Waals surface area contributed by atoms with E-state index in [1.54, 1.807) is 12.1 Å². The maximum absolute atomic E-state index is 12.2. The first-order valence-electron chi connectivity index (χ1n) is 6.43. The van der Waals surface area contributed by atoms with Crippen LogP contribution in [0, 0.1) is 18.8 Å². The first-order chi connectivity index (χ1) is 9.38. The standard InChI is InChI=1S/C14H17ClN2O3/c1-8-3-4-10(15)5-12(8)16-14(20)17-6-9(2)11(7-17)13(18)19/h3-5,9,11H,6-7H2,1-2H3,(H,16,20)(H,18,19)/t9-,11-/m1/s1. The van der Waals surface area contributed by atoms with Gasteiger partial charge in [-0.25, -0.2) is 4.79 Å². The van der Waals surface area contributed by atoms with Crippen molar-refractivity contribution in [2.24, 2.45) is 11.8 Å². The van der Waals surface area contributed by atoms with Crippen LogP contribution in [0.1, 0.15) is 12.5 Å². The second kappa shape index (κ2) is 5.71. The third-order valence-corrected chi connectivity index (χ3v) is 3.89. The summed E-state index contributed by atoms with van der Waals surface area (Å²) in [5.74, 6) is -1.40. The molecule has 20 heavy (non-hydrogen) atoms. The minimum Gasteiger partial charge on any atom is -0.481 e. The molecule has 6 heteroatoms. The minimum atomic E-state index is -0.855. The van der Waals surface area contributed by atoms with Gasteiger partial charge in [0.15, 0.2) is 0 Å². The molecular weight excluding hydrogens is 280 g/mol. The number of hydrogen-bond donors (Lipinski definition) is 2. The SMILES string of the molecule is Cc1ccc(Cl)cc1NC(=O)N1C[C@@H](C)[C@H](C(=O)O)C1. The molecule has 1 aliphatic heterocycles. The van der Waals surface area contributed by atoms with Crippen LogP contribution < -0.4 is 5.32 Å². The van der Waals surface area contributed by atoms with Gasteiger partial charge in [0.1, 0.15) is 0 Å². The summed E-state index contributed by atoms with van der Waals surface area (Å²) in [6, 6.07) is 4.98. The number of carbonyl (C=O) groups is 2. The van der Waals surface area contributed by atoms with Gasteiger partial charge in [-0.05, 0) is 30.5 Å². The number of nitrogens with zero attached hydrogens (tertiary/aromatic N) is 1. The van der Waals surface area contributed by atoms with Crippen LogP contribution in [0.3, 0.4) is 0 Å². The molecule has 0 spiro atoms. The molecule has 2 N–H and O–H groups in total. The van der Waals surface area contributed by atoms with Gasteiger partial charge >= 0.3 is 12.0 Å². The number of carboxylic acid groups (broad SMARTS) is 1. The van der Waals surface area contributed by atoms with Crippen LogP contribution in [0.25, 0.3) is 0 Å². The topological polar surface area (TPSA) is 69.6 Å². The summed E-state index contributed by atoms with van der Waals surface area (Å²) in [5, 5.41) is 12.4. The van der Waals surface area contributed by atoms with Crippen molar-refractivity contribution < 1.29 is 14.7 Å². The van der Waals surface area contributed by atoms with Crippen molar-refractivity contribution in [3.05, 3.63) is 28.8 Å². The molecule has 0 unspecified atom stereocenters. The number of urea groups is 1. The maximum Gasteiger partial charge on any atom is 0.321 e. The smallest absolute Gasteiger partial charge is 0.321 e. The Morgan fingerprint density at radius 2 is 2.10 bits per heavy atom. The number of aryl methyl sites for hydroxylation is 1. The van der Waals surface area contributed by atoms with E-state index in [2.05, 4.69) is 5.32 Å². The van der Waals surface area contributed by atoms with E-state index in [9.17, 15) is 9.59 Å². The molecule has 1 fully saturated rings. The fourth-order valence-corrected chi connectivity index (χ4v) is 2.55. The average molecular weight is 297 g/mol. The molecule has 2 rings (SSSR count). The summed E-state index contributed by atoms with van der Waals surface area (Å²) >= 11 is 5.91. The third kappa shape index (κ3) is 3.04. The predicted octanol–water partition coefficient (Wildman–Crippen LogP) is 2.83. The third-order valence-electron chi connectivity index (χ3n) is 3.66. The normalized spacial score (nSPS) is 21.9. The van der Waals surface area contributed by atoms with Gasteiger partial charge in [-0.1, -0.05) is 24.6 Å². The number of carboxylic acids is 1. The van der Waals surface area contributed by atoms with Crippen LogP contribution in [-0.2, 0) is 4.79 Å². The molecule has 1 heterocycles. The second-order valence-corrected chi connectivity index (χ2v) is 5.65. The Kier molecular flexibility index (Phi) is 4.18. The summed E-state index contributed by atoms with van der Waals surface area (Å²) in [4.78, 5) is 24.8. The number of halogens is 1. The molecule has 0 bridgehead atoms. The van der Waals surface area contributed by atoms with Gasteiger partial charge in [0.2, 0.25) is 0 Å². The largest absolute Gasteiger partial charge is 0.481 e. The number of rotatable bonds is 2. The first kappa shape index (κ1) is 14.7. The Morgan fingerprint density at radius 1 is 1.40 bits per heavy atom. The highest BCUT2D eigenvalue weighted by Gasteiger charge is 2.37. The Balaban J connectivity index is 2.06. The monoisotopic (exact) mass is 296 g/mol. The number of likely N-dealkylation sites (tertiary alicyclic amines) is 1. The van der Waals surface area contributed by atoms with Gasteiger partial charge in [-0.2, -0.15) is 0 Å². The zero-order valence-corrected chi connectivity index (χ0v) is 12.1. The van der Waals surface area contributed by atoms with Gasteiger partial charge in [0.05, 0.1) is 5.92 Å². The Morgan fingerprint density at radius 3 is 2.70 bits per heavy atom. The van der Waals surface area contributed by atoms with Crippen LogP contribution in [0.4, 0.5) is 10.5 Å². The van der Waals surface area contributed by atoms with E-state index in [-0.39, 0.29) is 18.5 Å². The number of nitrogens with one attached hydrogen (secondary N) is 1. The number of amides is 2. The summed E-state index contributed by atoms with van der Waals surface area (Å²) in [6.07, 6.45) is 0. The first-order valence-corrected chi connectivity index (χ1v) is 6.81. The van der Waals surface area contributed by atoms with E-state index >= 15 is 0 Å². The number of benzene rings is 1. The van der Waals surface area contributed by atoms with E-state index in [1.165, 1.54) is 4.90 Å². The molecule has 1 aromatic carbocycles. The molecule has 2 amide bonds. The zero-order chi connectivity index (χ0) is 14.9. The summed E-state index contributed by atoms with van der Waals surface area (Å²) in [5.41, 5.74) is 1.55. The highest BCUT2D eigenvalue weighted by molar-refractivity contribution is 6.31. The van der Waals surface area contributed by atoms with Crippen LogP contribution in [0.2, 0.25) is 5.02 Å². The van der Waals surface area contributed by atoms with Crippen molar-refractivity contribution in [1.29, 1.82) is 0 Å². The molecule has 2 atom stereocenters. The quantitative estimate of drug-likeness (QED) is 0.881. The molecule has 0 saturated carbocycles. The van der Waals surface area contributed by atoms with Gasteiger partial charge in [-0.15, -0.1) is 0 Å². The summed E-state index contributed by atoms with van der Waals surface area (Å²) in [7, 11) is 0. The van der Waals surface area contributed by atoms with E-state index in [0.717, 1.165) is 5.56 Å². The van der Waals surface area contributed by atoms with Crippen molar-refractivity contribution in [2.45, 2.75) is 13.8 Å². The lowest BCUT2D eigenvalue weighted by atomic mass is 9.99. The van der Waals surface area contributed by atoms with Gasteiger partial charge < -0.3 is 15.3 Å². The zero-order valence-electron chi connectivity index (χ0n) is 11.4. The molecular formula is C14H17ClN2O3. The summed E-state index contributed by atoms with van der Waals surface area (Å²) < 4.78 is 0. The van der Waals surface area contributed by atoms with Crippen molar-refractivity contribution in [1.82, 2.24) is 4.90 Å². The van der Waals surface area contributed by atoms with E-state index in [0.29, 0.717) is 17.3 Å². The number of hydrogen-bond acceptors (Lipinski definition) is 2. The van der Waals surface area contributed by atoms with Crippen LogP contribution in [0.5, 0.6) is 0 Å². The maximum atomic E-state index is 12.2. The predicted molar refractivity (Wildman–Crippen MR) is 77.1 cm³/mol. The lowest BCUT2D eigenvalue weighted by molar-refractivity contribution is -0.142. The highest BCUT2D eigenvalue weighted by atomic mass is 35.5. The van der Waals surface area contributed by atoms with Gasteiger partial charge in [0, 0.05) is 23.8 Å². The Hall–Kier alpha value is -1.75. The Labute approximate surface area is 122 Å². The molecule has 1 aromatic rings. The summed E-state index contributed by atoms with van der Waals surface area (Å²) in [6.45, 7) is 4.40. The molecule has 1 saturated heterocycles. The van der Waals surface area contributed by atoms with Crippen LogP contribution in [-0.4, -0.2) is 35.1 Å². The van der Waals surface area contributed by atoms with Gasteiger partial charge in [-0.3, -0.25) is 4.79 Å². The fourth-order valence-electron chi connectivity index (χ4n) is 2.38. The number of carbonyl (C=O) groups excluding carboxylic acids is 1. The lowest BCUT2D eigenvalue weighted by Crippen LogP contribution is -2.34. The van der Waals surface area contributed by atoms with Crippen molar-refractivity contribution >= 4 is 29.3 Å². The minimum absolute atomic E-state index is 0.0429. The molecule has 1 aliphatic rings. The average Bonchev–Trinajstić information content (AvgIpc) is 2.76. The van der Waals surface area contributed by atoms with E-state index in [4.69, 9.17) is 16.7 Å². The Bertz CT molecular complexity index is 547. The van der Waals surface area contributed by atoms with Crippen LogP contribution >= 0.6 is 11.6 Å². The molecule has 0 aromatic heterocycles. The second-order valence-electron chi connectivity index (χ2n) is 5.22. The van der Waals surface area contributed by atoms with Crippen molar-refractivity contribution in [2.75, 3.05) is 18.4 Å². The fraction of sp³-hybridized carbons (Fsp3) is 0.429. The molecule has 108 valence electrons. The molecule has 0 aliphatic carbocycles. The van der Waals surface area contributed by atoms with Crippen molar-refractivity contribution in [3.63, 3.8) is 0 Å². The lowest BCUT2D eigenvalue weighted by Gasteiger charge is -2.18.